The summed E-state index contributed by atoms with van der Waals surface area (Å²) < 4.78 is 5.96. The number of rotatable bonds is 7. The normalized spacial score (nSPS) is 12.2. The molecule has 0 aliphatic heterocycles. The van der Waals surface area contributed by atoms with Crippen molar-refractivity contribution >= 4 is 41.3 Å². The van der Waals surface area contributed by atoms with E-state index in [0.717, 1.165) is 40.9 Å². The van der Waals surface area contributed by atoms with Crippen LogP contribution in [0.4, 0.5) is 0 Å². The molecule has 0 saturated heterocycles. The highest BCUT2D eigenvalue weighted by Gasteiger charge is 2.07. The van der Waals surface area contributed by atoms with E-state index in [1.807, 2.05) is 32.0 Å². The van der Waals surface area contributed by atoms with Gasteiger partial charge in [-0.2, -0.15) is 0 Å². The molecule has 1 aromatic heterocycles. The number of aromatic nitrogens is 1. The Labute approximate surface area is 171 Å². The summed E-state index contributed by atoms with van der Waals surface area (Å²) in [7, 11) is 1.77. The molecule has 7 heteroatoms. The van der Waals surface area contributed by atoms with E-state index < -0.39 is 0 Å². The fourth-order valence-electron chi connectivity index (χ4n) is 2.24. The minimum absolute atomic E-state index is 0. The number of aryl methyl sites for hydroxylation is 2. The summed E-state index contributed by atoms with van der Waals surface area (Å²) in [4.78, 5) is 8.70. The highest BCUT2D eigenvalue weighted by atomic mass is 127. The van der Waals surface area contributed by atoms with E-state index in [0.29, 0.717) is 6.54 Å². The highest BCUT2D eigenvalue weighted by molar-refractivity contribution is 14.0. The summed E-state index contributed by atoms with van der Waals surface area (Å²) in [5.41, 5.74) is 2.27. The number of nitrogens with zero attached hydrogens (tertiary/aromatic N) is 2. The second kappa shape index (κ2) is 11.3. The quantitative estimate of drug-likeness (QED) is 0.366. The van der Waals surface area contributed by atoms with Crippen molar-refractivity contribution in [2.24, 2.45) is 4.99 Å². The smallest absolute Gasteiger partial charge is 0.191 e. The zero-order valence-corrected chi connectivity index (χ0v) is 18.4. The van der Waals surface area contributed by atoms with E-state index in [1.54, 1.807) is 18.4 Å². The van der Waals surface area contributed by atoms with Gasteiger partial charge in [0.15, 0.2) is 5.96 Å². The van der Waals surface area contributed by atoms with E-state index in [4.69, 9.17) is 4.74 Å². The highest BCUT2D eigenvalue weighted by Crippen LogP contribution is 2.17. The molecule has 5 nitrogen and oxygen atoms in total. The van der Waals surface area contributed by atoms with Gasteiger partial charge in [-0.1, -0.05) is 18.2 Å². The molecular formula is C18H27IN4OS. The summed E-state index contributed by atoms with van der Waals surface area (Å²) in [5, 5.41) is 9.81. The molecule has 0 bridgehead atoms. The van der Waals surface area contributed by atoms with Crippen LogP contribution >= 0.6 is 35.3 Å². The Morgan fingerprint density at radius 2 is 2.04 bits per heavy atom. The lowest BCUT2D eigenvalue weighted by Crippen LogP contribution is -2.42. The molecule has 1 heterocycles. The first-order valence-electron chi connectivity index (χ1n) is 8.16. The molecule has 2 N–H and O–H groups in total. The molecule has 2 aromatic rings. The SMILES string of the molecule is CN=C(NCCc1csc(C)n1)NCC(C)Oc1ccccc1C.I. The van der Waals surface area contributed by atoms with Crippen molar-refractivity contribution < 1.29 is 4.74 Å². The van der Waals surface area contributed by atoms with Gasteiger partial charge in [-0.05, 0) is 32.4 Å². The molecular weight excluding hydrogens is 447 g/mol. The summed E-state index contributed by atoms with van der Waals surface area (Å²) >= 11 is 1.68. The Morgan fingerprint density at radius 3 is 2.68 bits per heavy atom. The largest absolute Gasteiger partial charge is 0.489 e. The average Bonchev–Trinajstić information content (AvgIpc) is 2.98. The van der Waals surface area contributed by atoms with Gasteiger partial charge in [0, 0.05) is 25.4 Å². The van der Waals surface area contributed by atoms with Crippen molar-refractivity contribution in [3.63, 3.8) is 0 Å². The number of thiazole rings is 1. The van der Waals surface area contributed by atoms with Gasteiger partial charge in [0.2, 0.25) is 0 Å². The minimum atomic E-state index is 0. The van der Waals surface area contributed by atoms with Crippen molar-refractivity contribution in [1.29, 1.82) is 0 Å². The van der Waals surface area contributed by atoms with E-state index in [-0.39, 0.29) is 30.1 Å². The molecule has 1 aromatic carbocycles. The molecule has 25 heavy (non-hydrogen) atoms. The number of benzene rings is 1. The van der Waals surface area contributed by atoms with Crippen molar-refractivity contribution in [2.45, 2.75) is 33.3 Å². The summed E-state index contributed by atoms with van der Waals surface area (Å²) in [6, 6.07) is 8.05. The molecule has 0 saturated carbocycles. The molecule has 0 amide bonds. The monoisotopic (exact) mass is 474 g/mol. The number of para-hydroxylation sites is 1. The molecule has 2 rings (SSSR count). The third kappa shape index (κ3) is 7.60. The number of hydrogen-bond donors (Lipinski definition) is 2. The number of aliphatic imine (C=N–C) groups is 1. The Bertz CT molecular complexity index is 675. The Hall–Kier alpha value is -1.35. The maximum atomic E-state index is 5.96. The van der Waals surface area contributed by atoms with Gasteiger partial charge in [0.25, 0.3) is 0 Å². The van der Waals surface area contributed by atoms with Gasteiger partial charge in [-0.25, -0.2) is 4.98 Å². The zero-order valence-electron chi connectivity index (χ0n) is 15.2. The maximum Gasteiger partial charge on any atom is 0.191 e. The van der Waals surface area contributed by atoms with Crippen molar-refractivity contribution in [3.8, 4) is 5.75 Å². The van der Waals surface area contributed by atoms with E-state index in [1.165, 1.54) is 0 Å². The van der Waals surface area contributed by atoms with Crippen LogP contribution in [0.1, 0.15) is 23.2 Å². The first-order chi connectivity index (χ1) is 11.6. The Kier molecular flexibility index (Phi) is 9.81. The third-order valence-electron chi connectivity index (χ3n) is 3.54. The number of halogens is 1. The van der Waals surface area contributed by atoms with Crippen molar-refractivity contribution in [3.05, 3.63) is 45.9 Å². The van der Waals surface area contributed by atoms with Crippen LogP contribution in [0.15, 0.2) is 34.6 Å². The van der Waals surface area contributed by atoms with Crippen LogP contribution in [-0.4, -0.2) is 37.2 Å². The minimum Gasteiger partial charge on any atom is -0.489 e. The zero-order chi connectivity index (χ0) is 17.4. The average molecular weight is 474 g/mol. The van der Waals surface area contributed by atoms with Gasteiger partial charge in [-0.15, -0.1) is 35.3 Å². The second-order valence-corrected chi connectivity index (χ2v) is 6.74. The maximum absolute atomic E-state index is 5.96. The molecule has 1 atom stereocenters. The van der Waals surface area contributed by atoms with Gasteiger partial charge < -0.3 is 15.4 Å². The fourth-order valence-corrected chi connectivity index (χ4v) is 2.89. The van der Waals surface area contributed by atoms with Crippen molar-refractivity contribution in [2.75, 3.05) is 20.1 Å². The number of hydrogen-bond acceptors (Lipinski definition) is 4. The van der Waals surface area contributed by atoms with Crippen LogP contribution in [0.25, 0.3) is 0 Å². The van der Waals surface area contributed by atoms with Crippen LogP contribution < -0.4 is 15.4 Å². The fraction of sp³-hybridized carbons (Fsp3) is 0.444. The van der Waals surface area contributed by atoms with Crippen LogP contribution in [0.3, 0.4) is 0 Å². The van der Waals surface area contributed by atoms with Crippen LogP contribution in [0.2, 0.25) is 0 Å². The standard InChI is InChI=1S/C18H26N4OS.HI/c1-13-7-5-6-8-17(13)23-14(2)11-21-18(19-4)20-10-9-16-12-24-15(3)22-16;/h5-8,12,14H,9-11H2,1-4H3,(H2,19,20,21);1H. The molecule has 1 unspecified atom stereocenters. The Balaban J connectivity index is 0.00000312. The molecule has 0 aliphatic rings. The number of nitrogens with one attached hydrogen (secondary N) is 2. The molecule has 0 fully saturated rings. The Morgan fingerprint density at radius 1 is 1.28 bits per heavy atom. The molecule has 0 spiro atoms. The summed E-state index contributed by atoms with van der Waals surface area (Å²) in [6.45, 7) is 7.61. The number of ether oxygens (including phenoxy) is 1. The first-order valence-corrected chi connectivity index (χ1v) is 9.04. The van der Waals surface area contributed by atoms with E-state index in [9.17, 15) is 0 Å². The number of guanidine groups is 1. The topological polar surface area (TPSA) is 58.5 Å². The molecule has 0 radical (unpaired) electrons. The first kappa shape index (κ1) is 21.7. The van der Waals surface area contributed by atoms with Crippen molar-refractivity contribution in [1.82, 2.24) is 15.6 Å². The van der Waals surface area contributed by atoms with Gasteiger partial charge in [0.05, 0.1) is 17.2 Å². The van der Waals surface area contributed by atoms with Gasteiger partial charge in [0.1, 0.15) is 11.9 Å². The van der Waals surface area contributed by atoms with E-state index in [2.05, 4.69) is 39.0 Å². The van der Waals surface area contributed by atoms with Gasteiger partial charge in [-0.3, -0.25) is 4.99 Å². The van der Waals surface area contributed by atoms with Crippen LogP contribution in [0, 0.1) is 13.8 Å². The predicted molar refractivity (Wildman–Crippen MR) is 117 cm³/mol. The van der Waals surface area contributed by atoms with Gasteiger partial charge >= 0.3 is 0 Å². The third-order valence-corrected chi connectivity index (χ3v) is 4.36. The molecule has 0 aliphatic carbocycles. The lowest BCUT2D eigenvalue weighted by molar-refractivity contribution is 0.222. The predicted octanol–water partition coefficient (Wildman–Crippen LogP) is 3.55. The molecule has 138 valence electrons. The summed E-state index contributed by atoms with van der Waals surface area (Å²) in [5.74, 6) is 1.70. The summed E-state index contributed by atoms with van der Waals surface area (Å²) in [6.07, 6.45) is 0.936. The lowest BCUT2D eigenvalue weighted by atomic mass is 10.2. The van der Waals surface area contributed by atoms with Crippen LogP contribution in [-0.2, 0) is 6.42 Å². The second-order valence-electron chi connectivity index (χ2n) is 5.68. The van der Waals surface area contributed by atoms with Crippen LogP contribution in [0.5, 0.6) is 5.75 Å². The van der Waals surface area contributed by atoms with E-state index >= 15 is 0 Å². The lowest BCUT2D eigenvalue weighted by Gasteiger charge is -2.18.